The van der Waals surface area contributed by atoms with Crippen LogP contribution in [0.15, 0.2) is 24.3 Å². The van der Waals surface area contributed by atoms with Gasteiger partial charge in [-0.2, -0.15) is 0 Å². The lowest BCUT2D eigenvalue weighted by atomic mass is 10.0. The van der Waals surface area contributed by atoms with Crippen molar-refractivity contribution < 1.29 is 9.59 Å². The molecule has 1 saturated carbocycles. The highest BCUT2D eigenvalue weighted by molar-refractivity contribution is 5.80. The zero-order chi connectivity index (χ0) is 15.5. The van der Waals surface area contributed by atoms with Gasteiger partial charge in [-0.15, -0.1) is 0 Å². The number of benzene rings is 1. The van der Waals surface area contributed by atoms with E-state index in [1.54, 1.807) is 0 Å². The largest absolute Gasteiger partial charge is 0.356 e. The number of nitrogens with one attached hydrogen (secondary N) is 1. The Labute approximate surface area is 131 Å². The van der Waals surface area contributed by atoms with E-state index in [0.29, 0.717) is 25.4 Å². The Morgan fingerprint density at radius 1 is 1.32 bits per heavy atom. The number of carbonyl (C=O) groups is 2. The maximum absolute atomic E-state index is 12.0. The van der Waals surface area contributed by atoms with Gasteiger partial charge in [-0.1, -0.05) is 24.3 Å². The van der Waals surface area contributed by atoms with E-state index in [-0.39, 0.29) is 17.7 Å². The van der Waals surface area contributed by atoms with Crippen LogP contribution in [0.25, 0.3) is 0 Å². The summed E-state index contributed by atoms with van der Waals surface area (Å²) in [5.74, 6) is 0.637. The molecule has 1 aromatic carbocycles. The fourth-order valence-electron chi connectivity index (χ4n) is 3.17. The highest BCUT2D eigenvalue weighted by atomic mass is 16.2. The fraction of sp³-hybridized carbons (Fsp3) is 0.556. The van der Waals surface area contributed by atoms with E-state index in [1.165, 1.54) is 11.1 Å². The standard InChI is InChI=1S/C18H24N2O2/c1-13-4-2-3-5-15(13)6-9-17(21)19-11-14-10-18(22)20(12-14)16-7-8-16/h2-5,14,16H,6-12H2,1H3,(H,19,21). The summed E-state index contributed by atoms with van der Waals surface area (Å²) in [6.07, 6.45) is 4.19. The predicted molar refractivity (Wildman–Crippen MR) is 85.4 cm³/mol. The Bertz CT molecular complexity index is 566. The van der Waals surface area contributed by atoms with Crippen molar-refractivity contribution in [3.05, 3.63) is 35.4 Å². The van der Waals surface area contributed by atoms with E-state index in [0.717, 1.165) is 25.8 Å². The second-order valence-electron chi connectivity index (χ2n) is 6.58. The molecule has 1 atom stereocenters. The minimum absolute atomic E-state index is 0.0839. The van der Waals surface area contributed by atoms with Crippen molar-refractivity contribution >= 4 is 11.8 Å². The van der Waals surface area contributed by atoms with Gasteiger partial charge in [0.1, 0.15) is 0 Å². The zero-order valence-corrected chi connectivity index (χ0v) is 13.2. The van der Waals surface area contributed by atoms with E-state index in [4.69, 9.17) is 0 Å². The van der Waals surface area contributed by atoms with Gasteiger partial charge in [-0.3, -0.25) is 9.59 Å². The summed E-state index contributed by atoms with van der Waals surface area (Å²) in [6.45, 7) is 3.52. The molecule has 2 amide bonds. The first-order valence-electron chi connectivity index (χ1n) is 8.24. The van der Waals surface area contributed by atoms with Crippen LogP contribution in [0.1, 0.15) is 36.8 Å². The molecule has 1 N–H and O–H groups in total. The van der Waals surface area contributed by atoms with Crippen LogP contribution < -0.4 is 5.32 Å². The smallest absolute Gasteiger partial charge is 0.223 e. The lowest BCUT2D eigenvalue weighted by Crippen LogP contribution is -2.32. The molecule has 118 valence electrons. The molecule has 4 heteroatoms. The monoisotopic (exact) mass is 300 g/mol. The fourth-order valence-corrected chi connectivity index (χ4v) is 3.17. The molecule has 2 aliphatic rings. The third-order valence-corrected chi connectivity index (χ3v) is 4.70. The summed E-state index contributed by atoms with van der Waals surface area (Å²) in [4.78, 5) is 25.9. The Morgan fingerprint density at radius 2 is 2.09 bits per heavy atom. The van der Waals surface area contributed by atoms with Crippen molar-refractivity contribution in [2.24, 2.45) is 5.92 Å². The molecular weight excluding hydrogens is 276 g/mol. The second-order valence-corrected chi connectivity index (χ2v) is 6.58. The summed E-state index contributed by atoms with van der Waals surface area (Å²) < 4.78 is 0. The van der Waals surface area contributed by atoms with Gasteiger partial charge in [0.15, 0.2) is 0 Å². The average molecular weight is 300 g/mol. The van der Waals surface area contributed by atoms with Crippen molar-refractivity contribution in [1.82, 2.24) is 10.2 Å². The lowest BCUT2D eigenvalue weighted by molar-refractivity contribution is -0.128. The second kappa shape index (κ2) is 6.51. The number of hydrogen-bond acceptors (Lipinski definition) is 2. The van der Waals surface area contributed by atoms with Crippen LogP contribution in [-0.2, 0) is 16.0 Å². The Kier molecular flexibility index (Phi) is 4.46. The summed E-state index contributed by atoms with van der Waals surface area (Å²) in [5, 5.41) is 3.00. The molecule has 1 heterocycles. The Hall–Kier alpha value is -1.84. The minimum Gasteiger partial charge on any atom is -0.356 e. The molecule has 2 fully saturated rings. The van der Waals surface area contributed by atoms with E-state index < -0.39 is 0 Å². The van der Waals surface area contributed by atoms with Gasteiger partial charge in [0.05, 0.1) is 0 Å². The Balaban J connectivity index is 1.39. The molecule has 22 heavy (non-hydrogen) atoms. The molecule has 1 saturated heterocycles. The minimum atomic E-state index is 0.0839. The van der Waals surface area contributed by atoms with Gasteiger partial charge in [0, 0.05) is 37.9 Å². The maximum atomic E-state index is 12.0. The number of aryl methyl sites for hydroxylation is 2. The SMILES string of the molecule is Cc1ccccc1CCC(=O)NCC1CC(=O)N(C2CC2)C1. The topological polar surface area (TPSA) is 49.4 Å². The number of likely N-dealkylation sites (tertiary alicyclic amines) is 1. The van der Waals surface area contributed by atoms with E-state index in [1.807, 2.05) is 17.0 Å². The number of carbonyl (C=O) groups excluding carboxylic acids is 2. The van der Waals surface area contributed by atoms with Crippen LogP contribution in [0.3, 0.4) is 0 Å². The normalized spacial score (nSPS) is 21.2. The quantitative estimate of drug-likeness (QED) is 0.874. The van der Waals surface area contributed by atoms with Crippen LogP contribution in [0.2, 0.25) is 0 Å². The number of hydrogen-bond donors (Lipinski definition) is 1. The van der Waals surface area contributed by atoms with Crippen LogP contribution in [0.4, 0.5) is 0 Å². The van der Waals surface area contributed by atoms with Crippen LogP contribution in [-0.4, -0.2) is 35.8 Å². The van der Waals surface area contributed by atoms with Crippen LogP contribution in [0, 0.1) is 12.8 Å². The summed E-state index contributed by atoms with van der Waals surface area (Å²) in [7, 11) is 0. The van der Waals surface area contributed by atoms with Crippen LogP contribution in [0.5, 0.6) is 0 Å². The highest BCUT2D eigenvalue weighted by Crippen LogP contribution is 2.32. The van der Waals surface area contributed by atoms with E-state index in [9.17, 15) is 9.59 Å². The van der Waals surface area contributed by atoms with Gasteiger partial charge < -0.3 is 10.2 Å². The predicted octanol–water partition coefficient (Wildman–Crippen LogP) is 2.05. The Morgan fingerprint density at radius 3 is 2.82 bits per heavy atom. The summed E-state index contributed by atoms with van der Waals surface area (Å²) >= 11 is 0. The first kappa shape index (κ1) is 15.1. The number of rotatable bonds is 6. The highest BCUT2D eigenvalue weighted by Gasteiger charge is 2.39. The van der Waals surface area contributed by atoms with Crippen molar-refractivity contribution in [1.29, 1.82) is 0 Å². The van der Waals surface area contributed by atoms with Crippen LogP contribution >= 0.6 is 0 Å². The molecule has 1 aliphatic heterocycles. The first-order chi connectivity index (χ1) is 10.6. The molecule has 4 nitrogen and oxygen atoms in total. The first-order valence-corrected chi connectivity index (χ1v) is 8.24. The van der Waals surface area contributed by atoms with Crippen molar-refractivity contribution in [3.63, 3.8) is 0 Å². The number of amides is 2. The van der Waals surface area contributed by atoms with Crippen molar-refractivity contribution in [2.75, 3.05) is 13.1 Å². The summed E-state index contributed by atoms with van der Waals surface area (Å²) in [6, 6.07) is 8.67. The molecule has 0 bridgehead atoms. The molecule has 1 aliphatic carbocycles. The maximum Gasteiger partial charge on any atom is 0.223 e. The van der Waals surface area contributed by atoms with Gasteiger partial charge >= 0.3 is 0 Å². The van der Waals surface area contributed by atoms with E-state index in [2.05, 4.69) is 24.4 Å². The molecule has 0 radical (unpaired) electrons. The molecule has 3 rings (SSSR count). The van der Waals surface area contributed by atoms with Crippen molar-refractivity contribution in [3.8, 4) is 0 Å². The average Bonchev–Trinajstić information content (AvgIpc) is 3.28. The summed E-state index contributed by atoms with van der Waals surface area (Å²) in [5.41, 5.74) is 2.46. The third kappa shape index (κ3) is 3.67. The molecule has 0 spiro atoms. The van der Waals surface area contributed by atoms with E-state index >= 15 is 0 Å². The van der Waals surface area contributed by atoms with Gasteiger partial charge in [-0.05, 0) is 37.3 Å². The number of nitrogens with zero attached hydrogens (tertiary/aromatic N) is 1. The third-order valence-electron chi connectivity index (χ3n) is 4.70. The van der Waals surface area contributed by atoms with Gasteiger partial charge in [0.25, 0.3) is 0 Å². The lowest BCUT2D eigenvalue weighted by Gasteiger charge is -2.15. The molecule has 1 unspecified atom stereocenters. The molecular formula is C18H24N2O2. The molecule has 1 aromatic rings. The van der Waals surface area contributed by atoms with Gasteiger partial charge in [0.2, 0.25) is 11.8 Å². The molecule has 0 aromatic heterocycles. The van der Waals surface area contributed by atoms with Crippen molar-refractivity contribution in [2.45, 2.75) is 45.1 Å². The zero-order valence-electron chi connectivity index (χ0n) is 13.2. The van der Waals surface area contributed by atoms with Gasteiger partial charge in [-0.25, -0.2) is 0 Å².